The third-order valence-electron chi connectivity index (χ3n) is 2.54. The normalized spacial score (nSPS) is 10.8. The zero-order chi connectivity index (χ0) is 11.5. The van der Waals surface area contributed by atoms with Crippen molar-refractivity contribution in [2.75, 3.05) is 0 Å². The van der Waals surface area contributed by atoms with Crippen LogP contribution in [0.25, 0.3) is 0 Å². The van der Waals surface area contributed by atoms with Crippen molar-refractivity contribution in [1.82, 2.24) is 0 Å². The van der Waals surface area contributed by atoms with Crippen molar-refractivity contribution >= 4 is 23.2 Å². The van der Waals surface area contributed by atoms with E-state index in [1.807, 2.05) is 43.3 Å². The lowest BCUT2D eigenvalue weighted by Gasteiger charge is -2.14. The van der Waals surface area contributed by atoms with Gasteiger partial charge in [0.15, 0.2) is 0 Å². The molecule has 0 unspecified atom stereocenters. The van der Waals surface area contributed by atoms with Crippen LogP contribution in [0.1, 0.15) is 18.1 Å². The first-order valence-electron chi connectivity index (χ1n) is 5.03. The van der Waals surface area contributed by atoms with Crippen molar-refractivity contribution in [1.29, 1.82) is 0 Å². The Bertz CT molecular complexity index is 457. The highest BCUT2D eigenvalue weighted by Gasteiger charge is 2.15. The highest BCUT2D eigenvalue weighted by Crippen LogP contribution is 2.34. The minimum absolute atomic E-state index is 0.689. The zero-order valence-electron chi connectivity index (χ0n) is 8.87. The second-order valence-corrected chi connectivity index (χ2v) is 4.40. The summed E-state index contributed by atoms with van der Waals surface area (Å²) in [5.41, 5.74) is 2.05. The van der Waals surface area contributed by atoms with E-state index in [1.165, 1.54) is 0 Å². The molecule has 2 aromatic carbocycles. The molecule has 0 spiro atoms. The molecule has 0 aliphatic heterocycles. The molecule has 2 rings (SSSR count). The number of hydrogen-bond donors (Lipinski definition) is 0. The predicted octanol–water partition coefficient (Wildman–Crippen LogP) is 4.98. The molecule has 0 bridgehead atoms. The molecule has 0 saturated heterocycles. The van der Waals surface area contributed by atoms with Gasteiger partial charge in [0.05, 0.1) is 0 Å². The first kappa shape index (κ1) is 11.5. The van der Waals surface area contributed by atoms with Crippen molar-refractivity contribution < 1.29 is 0 Å². The van der Waals surface area contributed by atoms with E-state index in [2.05, 4.69) is 12.1 Å². The maximum atomic E-state index is 6.17. The monoisotopic (exact) mass is 249 g/mol. The van der Waals surface area contributed by atoms with Gasteiger partial charge in [-0.2, -0.15) is 0 Å². The zero-order valence-corrected chi connectivity index (χ0v) is 10.4. The fourth-order valence-corrected chi connectivity index (χ4v) is 2.37. The number of hydrogen-bond acceptors (Lipinski definition) is 0. The van der Waals surface area contributed by atoms with E-state index in [0.717, 1.165) is 17.0 Å². The van der Waals surface area contributed by atoms with Crippen molar-refractivity contribution in [2.24, 2.45) is 0 Å². The third kappa shape index (κ3) is 2.23. The summed E-state index contributed by atoms with van der Waals surface area (Å²) in [7, 11) is 0. The highest BCUT2D eigenvalue weighted by atomic mass is 35.5. The third-order valence-corrected chi connectivity index (χ3v) is 3.17. The Kier molecular flexibility index (Phi) is 3.52. The van der Waals surface area contributed by atoms with Gasteiger partial charge in [-0.25, -0.2) is 0 Å². The fourth-order valence-electron chi connectivity index (χ4n) is 1.69. The van der Waals surface area contributed by atoms with Crippen molar-refractivity contribution in [3.05, 3.63) is 75.6 Å². The minimum Gasteiger partial charge on any atom is -0.0839 e. The first-order valence-corrected chi connectivity index (χ1v) is 5.79. The number of rotatable bonds is 2. The molecule has 0 saturated carbocycles. The van der Waals surface area contributed by atoms with Crippen LogP contribution in [0.3, 0.4) is 0 Å². The molecule has 81 valence electrons. The molecule has 2 heteroatoms. The van der Waals surface area contributed by atoms with Gasteiger partial charge in [-0.15, -0.1) is 0 Å². The van der Waals surface area contributed by atoms with Crippen LogP contribution in [0.2, 0.25) is 10.0 Å². The molecule has 0 aromatic heterocycles. The molecule has 0 amide bonds. The second kappa shape index (κ2) is 4.90. The summed E-state index contributed by atoms with van der Waals surface area (Å²) in [5, 5.41) is 1.38. The largest absolute Gasteiger partial charge is 0.0839 e. The smallest absolute Gasteiger partial charge is 0.0462 e. The minimum atomic E-state index is 0.689. The summed E-state index contributed by atoms with van der Waals surface area (Å²) in [6, 6.07) is 15.7. The van der Waals surface area contributed by atoms with Crippen LogP contribution in [0.4, 0.5) is 0 Å². The number of benzene rings is 2. The predicted molar refractivity (Wildman–Crippen MR) is 70.0 cm³/mol. The molecule has 0 fully saturated rings. The Morgan fingerprint density at radius 2 is 1.38 bits per heavy atom. The lowest BCUT2D eigenvalue weighted by atomic mass is 9.93. The van der Waals surface area contributed by atoms with Crippen LogP contribution in [-0.2, 0) is 0 Å². The number of halogens is 2. The van der Waals surface area contributed by atoms with Gasteiger partial charge < -0.3 is 0 Å². The van der Waals surface area contributed by atoms with E-state index >= 15 is 0 Å². The molecule has 2 aromatic rings. The van der Waals surface area contributed by atoms with Crippen molar-refractivity contribution in [3.8, 4) is 0 Å². The topological polar surface area (TPSA) is 0 Å². The SMILES string of the molecule is C[C](c1ccccc1)c1c(Cl)cccc1Cl. The Balaban J connectivity index is 2.46. The van der Waals surface area contributed by atoms with E-state index < -0.39 is 0 Å². The Morgan fingerprint density at radius 1 is 0.812 bits per heavy atom. The van der Waals surface area contributed by atoms with Crippen molar-refractivity contribution in [2.45, 2.75) is 6.92 Å². The van der Waals surface area contributed by atoms with Gasteiger partial charge in [0, 0.05) is 21.5 Å². The summed E-state index contributed by atoms with van der Waals surface area (Å²) < 4.78 is 0. The molecule has 0 aliphatic carbocycles. The van der Waals surface area contributed by atoms with Crippen LogP contribution in [0.15, 0.2) is 48.5 Å². The summed E-state index contributed by atoms with van der Waals surface area (Å²) in [6.07, 6.45) is 0. The summed E-state index contributed by atoms with van der Waals surface area (Å²) >= 11 is 12.3. The Morgan fingerprint density at radius 3 is 1.94 bits per heavy atom. The summed E-state index contributed by atoms with van der Waals surface area (Å²) in [6.45, 7) is 2.03. The Labute approximate surface area is 106 Å². The van der Waals surface area contributed by atoms with Crippen LogP contribution in [-0.4, -0.2) is 0 Å². The van der Waals surface area contributed by atoms with E-state index in [1.54, 1.807) is 0 Å². The van der Waals surface area contributed by atoms with Crippen LogP contribution in [0, 0.1) is 5.92 Å². The maximum Gasteiger partial charge on any atom is 0.0462 e. The summed E-state index contributed by atoms with van der Waals surface area (Å²) in [4.78, 5) is 0. The van der Waals surface area contributed by atoms with Gasteiger partial charge in [-0.05, 0) is 17.7 Å². The quantitative estimate of drug-likeness (QED) is 0.704. The Hall–Kier alpha value is -0.980. The van der Waals surface area contributed by atoms with Gasteiger partial charge in [0.25, 0.3) is 0 Å². The van der Waals surface area contributed by atoms with Crippen LogP contribution >= 0.6 is 23.2 Å². The van der Waals surface area contributed by atoms with Gasteiger partial charge in [-0.3, -0.25) is 0 Å². The lowest BCUT2D eigenvalue weighted by Crippen LogP contribution is -1.98. The molecule has 16 heavy (non-hydrogen) atoms. The molecule has 1 radical (unpaired) electrons. The summed E-state index contributed by atoms with van der Waals surface area (Å²) in [5.74, 6) is 1.09. The van der Waals surface area contributed by atoms with E-state index in [0.29, 0.717) is 10.0 Å². The lowest BCUT2D eigenvalue weighted by molar-refractivity contribution is 1.19. The average Bonchev–Trinajstić information content (AvgIpc) is 2.30. The second-order valence-electron chi connectivity index (χ2n) is 3.59. The van der Waals surface area contributed by atoms with Crippen LogP contribution in [0.5, 0.6) is 0 Å². The molecule has 0 heterocycles. The molecule has 0 nitrogen and oxygen atoms in total. The molecular formula is C14H11Cl2. The van der Waals surface area contributed by atoms with Gasteiger partial charge >= 0.3 is 0 Å². The average molecular weight is 250 g/mol. The van der Waals surface area contributed by atoms with Crippen molar-refractivity contribution in [3.63, 3.8) is 0 Å². The first-order chi connectivity index (χ1) is 7.70. The van der Waals surface area contributed by atoms with E-state index in [9.17, 15) is 0 Å². The molecule has 0 N–H and O–H groups in total. The van der Waals surface area contributed by atoms with Gasteiger partial charge in [0.2, 0.25) is 0 Å². The standard InChI is InChI=1S/C14H11Cl2/c1-10(11-6-3-2-4-7-11)14-12(15)8-5-9-13(14)16/h2-9H,1H3. The highest BCUT2D eigenvalue weighted by molar-refractivity contribution is 6.36. The molecule has 0 atom stereocenters. The molecule has 0 aliphatic rings. The van der Waals surface area contributed by atoms with Gasteiger partial charge in [0.1, 0.15) is 0 Å². The van der Waals surface area contributed by atoms with E-state index in [4.69, 9.17) is 23.2 Å². The van der Waals surface area contributed by atoms with E-state index in [-0.39, 0.29) is 0 Å². The van der Waals surface area contributed by atoms with Crippen LogP contribution < -0.4 is 0 Å². The van der Waals surface area contributed by atoms with Gasteiger partial charge in [-0.1, -0.05) is 66.5 Å². The maximum absolute atomic E-state index is 6.17. The fraction of sp³-hybridized carbons (Fsp3) is 0.0714. The molecular weight excluding hydrogens is 239 g/mol.